The van der Waals surface area contributed by atoms with Crippen molar-refractivity contribution in [3.63, 3.8) is 0 Å². The summed E-state index contributed by atoms with van der Waals surface area (Å²) in [6.45, 7) is 2.09. The number of hydrogen-bond acceptors (Lipinski definition) is 2. The van der Waals surface area contributed by atoms with Crippen LogP contribution in [0.25, 0.3) is 11.6 Å². The zero-order valence-corrected chi connectivity index (χ0v) is 14.5. The number of fused-ring (bicyclic) bond motifs is 2. The lowest BCUT2D eigenvalue weighted by Gasteiger charge is -2.08. The predicted octanol–water partition coefficient (Wildman–Crippen LogP) is 4.74. The minimum absolute atomic E-state index is 0.0678. The first-order valence-electron chi connectivity index (χ1n) is 8.51. The van der Waals surface area contributed by atoms with Crippen LogP contribution in [0.3, 0.4) is 0 Å². The molecule has 0 unspecified atom stereocenters. The molecular weight excluding hydrogens is 322 g/mol. The van der Waals surface area contributed by atoms with Crippen LogP contribution in [0.5, 0.6) is 0 Å². The van der Waals surface area contributed by atoms with Crippen LogP contribution in [-0.4, -0.2) is 11.8 Å². The molecule has 1 aliphatic carbocycles. The van der Waals surface area contributed by atoms with Crippen LogP contribution in [0, 0.1) is 6.92 Å². The number of carbonyl (C=O) groups is 1. The highest BCUT2D eigenvalue weighted by Gasteiger charge is 2.26. The van der Waals surface area contributed by atoms with Crippen LogP contribution in [-0.2, 0) is 24.1 Å². The van der Waals surface area contributed by atoms with E-state index in [1.54, 1.807) is 0 Å². The summed E-state index contributed by atoms with van der Waals surface area (Å²) >= 11 is 5.85. The molecule has 1 amide bonds. The van der Waals surface area contributed by atoms with Gasteiger partial charge < -0.3 is 9.73 Å². The second-order valence-electron chi connectivity index (χ2n) is 6.53. The quantitative estimate of drug-likeness (QED) is 0.647. The van der Waals surface area contributed by atoms with Gasteiger partial charge in [-0.1, -0.05) is 6.07 Å². The molecule has 0 saturated carbocycles. The Morgan fingerprint density at radius 3 is 2.92 bits per heavy atom. The third-order valence-electron chi connectivity index (χ3n) is 5.00. The Hall–Kier alpha value is -2.00. The maximum absolute atomic E-state index is 12.4. The van der Waals surface area contributed by atoms with Crippen LogP contribution in [0.1, 0.15) is 46.6 Å². The lowest BCUT2D eigenvalue weighted by molar-refractivity contribution is -0.110. The molecule has 1 N–H and O–H groups in total. The molecule has 0 bridgehead atoms. The number of nitrogens with one attached hydrogen (secondary N) is 1. The molecule has 2 aliphatic rings. The second-order valence-corrected chi connectivity index (χ2v) is 6.91. The van der Waals surface area contributed by atoms with Crippen LogP contribution in [0.4, 0.5) is 5.69 Å². The Morgan fingerprint density at radius 1 is 1.29 bits per heavy atom. The summed E-state index contributed by atoms with van der Waals surface area (Å²) in [6.07, 6.45) is 7.18. The number of halogens is 1. The number of carbonyl (C=O) groups excluding carboxylic acids is 1. The zero-order valence-electron chi connectivity index (χ0n) is 13.7. The summed E-state index contributed by atoms with van der Waals surface area (Å²) < 4.78 is 6.06. The van der Waals surface area contributed by atoms with Gasteiger partial charge in [0.25, 0.3) is 5.91 Å². The number of amides is 1. The van der Waals surface area contributed by atoms with Crippen molar-refractivity contribution in [1.82, 2.24) is 0 Å². The normalized spacial score (nSPS) is 17.8. The summed E-state index contributed by atoms with van der Waals surface area (Å²) in [7, 11) is 0. The van der Waals surface area contributed by atoms with Crippen molar-refractivity contribution in [2.24, 2.45) is 0 Å². The standard InChI is InChI=1S/C20H20ClNO2/c1-12-14-4-2-3-5-18(14)24-19(12)11-16-15-10-13(8-9-21)6-7-17(15)22-20(16)23/h6-7,10-11H,2-5,8-9H2,1H3,(H,22,23). The fourth-order valence-electron chi connectivity index (χ4n) is 3.66. The van der Waals surface area contributed by atoms with Gasteiger partial charge in [-0.15, -0.1) is 11.6 Å². The van der Waals surface area contributed by atoms with Crippen LogP contribution < -0.4 is 5.32 Å². The van der Waals surface area contributed by atoms with E-state index < -0.39 is 0 Å². The van der Waals surface area contributed by atoms with E-state index in [0.29, 0.717) is 11.5 Å². The number of aryl methyl sites for hydroxylation is 2. The molecule has 2 heterocycles. The average Bonchev–Trinajstić information content (AvgIpc) is 3.06. The second kappa shape index (κ2) is 6.14. The Morgan fingerprint density at radius 2 is 2.12 bits per heavy atom. The van der Waals surface area contributed by atoms with Gasteiger partial charge in [0.05, 0.1) is 5.57 Å². The minimum atomic E-state index is -0.0678. The summed E-state index contributed by atoms with van der Waals surface area (Å²) in [5.41, 5.74) is 6.13. The highest BCUT2D eigenvalue weighted by atomic mass is 35.5. The van der Waals surface area contributed by atoms with Crippen molar-refractivity contribution in [2.75, 3.05) is 11.2 Å². The van der Waals surface area contributed by atoms with E-state index >= 15 is 0 Å². The molecule has 2 aromatic rings. The number of alkyl halides is 1. The lowest BCUT2D eigenvalue weighted by atomic mass is 9.95. The van der Waals surface area contributed by atoms with E-state index in [0.717, 1.165) is 47.6 Å². The molecule has 0 saturated heterocycles. The number of rotatable bonds is 3. The molecule has 0 spiro atoms. The summed E-state index contributed by atoms with van der Waals surface area (Å²) in [5.74, 6) is 2.42. The Bertz CT molecular complexity index is 848. The maximum atomic E-state index is 12.4. The van der Waals surface area contributed by atoms with E-state index in [9.17, 15) is 4.79 Å². The van der Waals surface area contributed by atoms with Gasteiger partial charge in [-0.05, 0) is 67.5 Å². The lowest BCUT2D eigenvalue weighted by Crippen LogP contribution is -2.03. The fourth-order valence-corrected chi connectivity index (χ4v) is 3.88. The van der Waals surface area contributed by atoms with Gasteiger partial charge >= 0.3 is 0 Å². The number of hydrogen-bond donors (Lipinski definition) is 1. The zero-order chi connectivity index (χ0) is 16.7. The molecule has 24 heavy (non-hydrogen) atoms. The molecule has 4 heteroatoms. The summed E-state index contributed by atoms with van der Waals surface area (Å²) in [5, 5.41) is 2.94. The van der Waals surface area contributed by atoms with E-state index in [-0.39, 0.29) is 5.91 Å². The Balaban J connectivity index is 1.77. The molecule has 3 nitrogen and oxygen atoms in total. The van der Waals surface area contributed by atoms with E-state index in [1.807, 2.05) is 18.2 Å². The van der Waals surface area contributed by atoms with Gasteiger partial charge in [0.1, 0.15) is 11.5 Å². The van der Waals surface area contributed by atoms with Crippen molar-refractivity contribution in [1.29, 1.82) is 0 Å². The number of furan rings is 1. The number of anilines is 1. The highest BCUT2D eigenvalue weighted by molar-refractivity contribution is 6.34. The van der Waals surface area contributed by atoms with E-state index in [2.05, 4.69) is 18.3 Å². The minimum Gasteiger partial charge on any atom is -0.461 e. The van der Waals surface area contributed by atoms with Gasteiger partial charge in [0.2, 0.25) is 0 Å². The van der Waals surface area contributed by atoms with Crippen molar-refractivity contribution in [3.05, 3.63) is 52.0 Å². The van der Waals surface area contributed by atoms with E-state index in [1.165, 1.54) is 24.0 Å². The van der Waals surface area contributed by atoms with Crippen LogP contribution >= 0.6 is 11.6 Å². The fraction of sp³-hybridized carbons (Fsp3) is 0.350. The Labute approximate surface area is 146 Å². The smallest absolute Gasteiger partial charge is 0.256 e. The van der Waals surface area contributed by atoms with Gasteiger partial charge in [-0.25, -0.2) is 0 Å². The molecule has 124 valence electrons. The van der Waals surface area contributed by atoms with Crippen molar-refractivity contribution in [3.8, 4) is 0 Å². The molecular formula is C20H20ClNO2. The SMILES string of the molecule is Cc1c(C=C2C(=O)Nc3ccc(CCCl)cc32)oc2c1CCCC2. The molecule has 4 rings (SSSR count). The maximum Gasteiger partial charge on any atom is 0.256 e. The number of benzene rings is 1. The van der Waals surface area contributed by atoms with Crippen molar-refractivity contribution in [2.45, 2.75) is 39.0 Å². The molecule has 1 aromatic heterocycles. The molecule has 0 radical (unpaired) electrons. The predicted molar refractivity (Wildman–Crippen MR) is 97.5 cm³/mol. The summed E-state index contributed by atoms with van der Waals surface area (Å²) in [6, 6.07) is 6.02. The molecule has 1 aliphatic heterocycles. The van der Waals surface area contributed by atoms with Crippen LogP contribution in [0.15, 0.2) is 22.6 Å². The van der Waals surface area contributed by atoms with Crippen molar-refractivity contribution < 1.29 is 9.21 Å². The summed E-state index contributed by atoms with van der Waals surface area (Å²) in [4.78, 5) is 12.4. The first-order chi connectivity index (χ1) is 11.7. The first kappa shape index (κ1) is 15.5. The van der Waals surface area contributed by atoms with Gasteiger partial charge in [-0.2, -0.15) is 0 Å². The molecule has 0 fully saturated rings. The van der Waals surface area contributed by atoms with Gasteiger partial charge in [0.15, 0.2) is 0 Å². The van der Waals surface area contributed by atoms with Gasteiger partial charge in [0, 0.05) is 23.6 Å². The first-order valence-corrected chi connectivity index (χ1v) is 9.04. The Kier molecular flexibility index (Phi) is 3.97. The average molecular weight is 342 g/mol. The van der Waals surface area contributed by atoms with E-state index in [4.69, 9.17) is 16.0 Å². The monoisotopic (exact) mass is 341 g/mol. The highest BCUT2D eigenvalue weighted by Crippen LogP contribution is 2.36. The van der Waals surface area contributed by atoms with Crippen LogP contribution in [0.2, 0.25) is 0 Å². The third-order valence-corrected chi connectivity index (χ3v) is 5.19. The van der Waals surface area contributed by atoms with Crippen molar-refractivity contribution >= 4 is 34.8 Å². The largest absolute Gasteiger partial charge is 0.461 e. The van der Waals surface area contributed by atoms with Gasteiger partial charge in [-0.3, -0.25) is 4.79 Å². The third kappa shape index (κ3) is 2.57. The molecule has 1 aromatic carbocycles. The molecule has 0 atom stereocenters. The topological polar surface area (TPSA) is 42.2 Å².